The van der Waals surface area contributed by atoms with Gasteiger partial charge in [-0.25, -0.2) is 4.39 Å². The fraction of sp³-hybridized carbons (Fsp3) is 0.368. The highest BCUT2D eigenvalue weighted by atomic mass is 19.1. The maximum absolute atomic E-state index is 13.3. The average molecular weight is 285 g/mol. The van der Waals surface area contributed by atoms with Crippen molar-refractivity contribution in [3.63, 3.8) is 0 Å². The van der Waals surface area contributed by atoms with E-state index in [-0.39, 0.29) is 17.9 Å². The van der Waals surface area contributed by atoms with Crippen LogP contribution in [0.5, 0.6) is 0 Å². The van der Waals surface area contributed by atoms with Crippen molar-refractivity contribution in [1.29, 1.82) is 0 Å². The van der Waals surface area contributed by atoms with Gasteiger partial charge in [-0.3, -0.25) is 0 Å². The highest BCUT2D eigenvalue weighted by molar-refractivity contribution is 5.26. The number of hydrogen-bond acceptors (Lipinski definition) is 1. The minimum Gasteiger partial charge on any atom is -0.304 e. The second-order valence-electron chi connectivity index (χ2n) is 5.66. The van der Waals surface area contributed by atoms with E-state index in [9.17, 15) is 4.39 Å². The predicted molar refractivity (Wildman–Crippen MR) is 86.8 cm³/mol. The summed E-state index contributed by atoms with van der Waals surface area (Å²) in [5.41, 5.74) is 3.62. The van der Waals surface area contributed by atoms with E-state index in [1.54, 1.807) is 12.1 Å². The Balaban J connectivity index is 2.01. The lowest BCUT2D eigenvalue weighted by Gasteiger charge is -2.21. The van der Waals surface area contributed by atoms with Gasteiger partial charge in [-0.1, -0.05) is 49.7 Å². The Kier molecular flexibility index (Phi) is 5.51. The Morgan fingerprint density at radius 3 is 2.24 bits per heavy atom. The Hall–Kier alpha value is -1.67. The zero-order valence-electron chi connectivity index (χ0n) is 13.1. The summed E-state index contributed by atoms with van der Waals surface area (Å²) in [6.07, 6.45) is 2.30. The Labute approximate surface area is 127 Å². The van der Waals surface area contributed by atoms with Gasteiger partial charge in [0, 0.05) is 12.1 Å². The molecule has 0 heterocycles. The van der Waals surface area contributed by atoms with Crippen molar-refractivity contribution in [3.8, 4) is 0 Å². The predicted octanol–water partition coefficient (Wildman–Crippen LogP) is 5.19. The van der Waals surface area contributed by atoms with E-state index in [1.807, 2.05) is 6.07 Å². The largest absolute Gasteiger partial charge is 0.304 e. The second-order valence-corrected chi connectivity index (χ2v) is 5.66. The fourth-order valence-electron chi connectivity index (χ4n) is 2.61. The van der Waals surface area contributed by atoms with Crippen LogP contribution < -0.4 is 5.32 Å². The Bertz CT molecular complexity index is 562. The first-order valence-electron chi connectivity index (χ1n) is 7.70. The highest BCUT2D eigenvalue weighted by Gasteiger charge is 2.11. The molecule has 0 spiro atoms. The van der Waals surface area contributed by atoms with Gasteiger partial charge in [-0.15, -0.1) is 0 Å². The van der Waals surface area contributed by atoms with Crippen LogP contribution in [0.4, 0.5) is 4.39 Å². The molecular formula is C19H24FN. The molecule has 112 valence electrons. The van der Waals surface area contributed by atoms with E-state index in [0.29, 0.717) is 0 Å². The zero-order valence-corrected chi connectivity index (χ0v) is 13.1. The quantitative estimate of drug-likeness (QED) is 0.770. The molecule has 0 aliphatic rings. The minimum absolute atomic E-state index is 0.117. The van der Waals surface area contributed by atoms with Crippen molar-refractivity contribution >= 4 is 0 Å². The van der Waals surface area contributed by atoms with Gasteiger partial charge in [0.15, 0.2) is 0 Å². The lowest BCUT2D eigenvalue weighted by atomic mass is 10.0. The monoisotopic (exact) mass is 285 g/mol. The number of nitrogens with one attached hydrogen (secondary N) is 1. The lowest BCUT2D eigenvalue weighted by Crippen LogP contribution is -2.22. The molecule has 0 amide bonds. The molecule has 0 aromatic heterocycles. The molecular weight excluding hydrogens is 261 g/mol. The molecule has 0 radical (unpaired) electrons. The first-order chi connectivity index (χ1) is 10.1. The standard InChI is InChI=1S/C19H24FN/c1-4-6-16-9-11-17(12-10-16)14(2)21-15(3)18-7-5-8-19(20)13-18/h5,7-15,21H,4,6H2,1-3H3. The summed E-state index contributed by atoms with van der Waals surface area (Å²) in [4.78, 5) is 0. The van der Waals surface area contributed by atoms with Crippen molar-refractivity contribution in [2.75, 3.05) is 0 Å². The molecule has 0 saturated heterocycles. The van der Waals surface area contributed by atoms with E-state index in [4.69, 9.17) is 0 Å². The maximum Gasteiger partial charge on any atom is 0.123 e. The van der Waals surface area contributed by atoms with Crippen LogP contribution in [0.3, 0.4) is 0 Å². The summed E-state index contributed by atoms with van der Waals surface area (Å²) < 4.78 is 13.3. The van der Waals surface area contributed by atoms with Gasteiger partial charge in [0.25, 0.3) is 0 Å². The van der Waals surface area contributed by atoms with Gasteiger partial charge < -0.3 is 5.32 Å². The molecule has 0 aliphatic carbocycles. The van der Waals surface area contributed by atoms with Crippen LogP contribution >= 0.6 is 0 Å². The number of hydrogen-bond donors (Lipinski definition) is 1. The number of rotatable bonds is 6. The van der Waals surface area contributed by atoms with Crippen molar-refractivity contribution < 1.29 is 4.39 Å². The highest BCUT2D eigenvalue weighted by Crippen LogP contribution is 2.20. The van der Waals surface area contributed by atoms with E-state index in [1.165, 1.54) is 23.6 Å². The first-order valence-corrected chi connectivity index (χ1v) is 7.70. The zero-order chi connectivity index (χ0) is 15.2. The van der Waals surface area contributed by atoms with Crippen LogP contribution in [0.25, 0.3) is 0 Å². The van der Waals surface area contributed by atoms with Crippen molar-refractivity contribution in [2.24, 2.45) is 0 Å². The van der Waals surface area contributed by atoms with Crippen molar-refractivity contribution in [3.05, 3.63) is 71.0 Å². The third-order valence-electron chi connectivity index (χ3n) is 3.87. The normalized spacial score (nSPS) is 13.9. The summed E-state index contributed by atoms with van der Waals surface area (Å²) in [5.74, 6) is -0.183. The summed E-state index contributed by atoms with van der Waals surface area (Å²) >= 11 is 0. The molecule has 1 nitrogen and oxygen atoms in total. The molecule has 0 fully saturated rings. The Morgan fingerprint density at radius 2 is 1.62 bits per heavy atom. The SMILES string of the molecule is CCCc1ccc(C(C)NC(C)c2cccc(F)c2)cc1. The molecule has 2 aromatic carbocycles. The third kappa shape index (κ3) is 4.40. The minimum atomic E-state index is -0.183. The molecule has 21 heavy (non-hydrogen) atoms. The van der Waals surface area contributed by atoms with E-state index < -0.39 is 0 Å². The third-order valence-corrected chi connectivity index (χ3v) is 3.87. The molecule has 2 aromatic rings. The van der Waals surface area contributed by atoms with Gasteiger partial charge in [0.2, 0.25) is 0 Å². The first kappa shape index (κ1) is 15.7. The molecule has 2 rings (SSSR count). The molecule has 2 atom stereocenters. The number of benzene rings is 2. The Morgan fingerprint density at radius 1 is 0.952 bits per heavy atom. The average Bonchev–Trinajstić information content (AvgIpc) is 2.48. The maximum atomic E-state index is 13.3. The molecule has 1 N–H and O–H groups in total. The van der Waals surface area contributed by atoms with E-state index >= 15 is 0 Å². The topological polar surface area (TPSA) is 12.0 Å². The van der Waals surface area contributed by atoms with Crippen molar-refractivity contribution in [1.82, 2.24) is 5.32 Å². The van der Waals surface area contributed by atoms with Gasteiger partial charge in [-0.2, -0.15) is 0 Å². The van der Waals surface area contributed by atoms with Crippen LogP contribution in [0.2, 0.25) is 0 Å². The van der Waals surface area contributed by atoms with Crippen LogP contribution in [0.15, 0.2) is 48.5 Å². The summed E-state index contributed by atoms with van der Waals surface area (Å²) in [7, 11) is 0. The molecule has 2 heteroatoms. The van der Waals surface area contributed by atoms with Crippen LogP contribution in [0.1, 0.15) is 56.0 Å². The lowest BCUT2D eigenvalue weighted by molar-refractivity contribution is 0.492. The smallest absolute Gasteiger partial charge is 0.123 e. The second kappa shape index (κ2) is 7.37. The summed E-state index contributed by atoms with van der Waals surface area (Å²) in [5, 5.41) is 3.52. The van der Waals surface area contributed by atoms with E-state index in [0.717, 1.165) is 12.0 Å². The summed E-state index contributed by atoms with van der Waals surface area (Å²) in [6, 6.07) is 15.9. The fourth-order valence-corrected chi connectivity index (χ4v) is 2.61. The van der Waals surface area contributed by atoms with Crippen LogP contribution in [-0.2, 0) is 6.42 Å². The van der Waals surface area contributed by atoms with Gasteiger partial charge in [0.05, 0.1) is 0 Å². The van der Waals surface area contributed by atoms with Gasteiger partial charge in [-0.05, 0) is 49.1 Å². The van der Waals surface area contributed by atoms with Crippen LogP contribution in [-0.4, -0.2) is 0 Å². The van der Waals surface area contributed by atoms with Gasteiger partial charge >= 0.3 is 0 Å². The number of halogens is 1. The van der Waals surface area contributed by atoms with Gasteiger partial charge in [0.1, 0.15) is 5.82 Å². The summed E-state index contributed by atoms with van der Waals surface area (Å²) in [6.45, 7) is 6.40. The van der Waals surface area contributed by atoms with Crippen LogP contribution in [0, 0.1) is 5.82 Å². The molecule has 0 saturated carbocycles. The van der Waals surface area contributed by atoms with Crippen molar-refractivity contribution in [2.45, 2.75) is 45.7 Å². The molecule has 0 bridgehead atoms. The molecule has 0 aliphatic heterocycles. The number of aryl methyl sites for hydroxylation is 1. The molecule has 2 unspecified atom stereocenters. The van der Waals surface area contributed by atoms with E-state index in [2.05, 4.69) is 50.4 Å².